The normalized spacial score (nSPS) is 10.2. The second-order valence-corrected chi connectivity index (χ2v) is 5.10. The number of nitrogen functional groups attached to an aromatic ring is 1. The van der Waals surface area contributed by atoms with Crippen molar-refractivity contribution in [1.29, 1.82) is 0 Å². The van der Waals surface area contributed by atoms with E-state index in [2.05, 4.69) is 23.2 Å². The molecule has 2 rings (SSSR count). The summed E-state index contributed by atoms with van der Waals surface area (Å²) in [7, 11) is 4.04. The number of nitrogens with one attached hydrogen (secondary N) is 1. The maximum absolute atomic E-state index is 6.20. The summed E-state index contributed by atoms with van der Waals surface area (Å²) in [4.78, 5) is 2.07. The minimum Gasteiger partial charge on any atom is -0.491 e. The van der Waals surface area contributed by atoms with Crippen LogP contribution in [0.3, 0.4) is 0 Å². The van der Waals surface area contributed by atoms with Crippen molar-refractivity contribution in [3.05, 3.63) is 42.5 Å². The third kappa shape index (κ3) is 3.60. The molecular formula is C17H23N3O. The van der Waals surface area contributed by atoms with Gasteiger partial charge in [-0.05, 0) is 30.7 Å². The molecule has 0 bridgehead atoms. The Labute approximate surface area is 126 Å². The molecule has 2 aromatic carbocycles. The lowest BCUT2D eigenvalue weighted by molar-refractivity contribution is 0.319. The zero-order valence-electron chi connectivity index (χ0n) is 12.9. The van der Waals surface area contributed by atoms with Crippen molar-refractivity contribution in [3.8, 4) is 5.75 Å². The summed E-state index contributed by atoms with van der Waals surface area (Å²) in [6, 6.07) is 13.9. The monoisotopic (exact) mass is 285 g/mol. The number of hydrogen-bond donors (Lipinski definition) is 2. The van der Waals surface area contributed by atoms with E-state index in [4.69, 9.17) is 10.5 Å². The Morgan fingerprint density at radius 2 is 1.76 bits per heavy atom. The average Bonchev–Trinajstić information content (AvgIpc) is 2.48. The third-order valence-corrected chi connectivity index (χ3v) is 3.18. The molecule has 0 saturated heterocycles. The lowest BCUT2D eigenvalue weighted by atomic mass is 10.2. The van der Waals surface area contributed by atoms with Gasteiger partial charge in [0.1, 0.15) is 5.75 Å². The maximum Gasteiger partial charge on any atom is 0.144 e. The second kappa shape index (κ2) is 6.88. The van der Waals surface area contributed by atoms with Crippen LogP contribution < -0.4 is 20.7 Å². The smallest absolute Gasteiger partial charge is 0.144 e. The number of para-hydroxylation sites is 3. The number of benzene rings is 2. The number of hydrogen-bond acceptors (Lipinski definition) is 4. The lowest BCUT2D eigenvalue weighted by Gasteiger charge is -2.19. The number of rotatable bonds is 6. The first-order chi connectivity index (χ1) is 10.1. The first kappa shape index (κ1) is 15.0. The molecule has 0 amide bonds. The fourth-order valence-electron chi connectivity index (χ4n) is 2.11. The first-order valence-electron chi connectivity index (χ1n) is 7.18. The van der Waals surface area contributed by atoms with Crippen LogP contribution in [0.25, 0.3) is 0 Å². The Bertz CT molecular complexity index is 596. The molecule has 21 heavy (non-hydrogen) atoms. The molecule has 0 aromatic heterocycles. The van der Waals surface area contributed by atoms with E-state index < -0.39 is 0 Å². The zero-order chi connectivity index (χ0) is 15.2. The summed E-state index contributed by atoms with van der Waals surface area (Å²) in [6.07, 6.45) is 0.959. The van der Waals surface area contributed by atoms with Crippen LogP contribution in [0.2, 0.25) is 0 Å². The number of anilines is 4. The first-order valence-corrected chi connectivity index (χ1v) is 7.18. The van der Waals surface area contributed by atoms with Crippen molar-refractivity contribution in [2.45, 2.75) is 13.3 Å². The fraction of sp³-hybridized carbons (Fsp3) is 0.294. The van der Waals surface area contributed by atoms with E-state index in [-0.39, 0.29) is 0 Å². The van der Waals surface area contributed by atoms with E-state index in [1.54, 1.807) is 0 Å². The summed E-state index contributed by atoms with van der Waals surface area (Å²) in [5.41, 5.74) is 9.82. The Balaban J connectivity index is 2.28. The largest absolute Gasteiger partial charge is 0.491 e. The van der Waals surface area contributed by atoms with Gasteiger partial charge in [0.15, 0.2) is 0 Å². The van der Waals surface area contributed by atoms with E-state index in [9.17, 15) is 0 Å². The molecule has 4 nitrogen and oxygen atoms in total. The molecule has 0 unspecified atom stereocenters. The van der Waals surface area contributed by atoms with Crippen molar-refractivity contribution in [2.24, 2.45) is 0 Å². The van der Waals surface area contributed by atoms with E-state index in [1.807, 2.05) is 50.5 Å². The van der Waals surface area contributed by atoms with Crippen LogP contribution in [0.15, 0.2) is 42.5 Å². The molecule has 0 aliphatic carbocycles. The van der Waals surface area contributed by atoms with Gasteiger partial charge in [-0.3, -0.25) is 0 Å². The topological polar surface area (TPSA) is 50.5 Å². The van der Waals surface area contributed by atoms with Crippen LogP contribution in [0.4, 0.5) is 22.7 Å². The molecule has 3 N–H and O–H groups in total. The highest BCUT2D eigenvalue weighted by molar-refractivity contribution is 5.82. The van der Waals surface area contributed by atoms with Gasteiger partial charge in [-0.25, -0.2) is 0 Å². The van der Waals surface area contributed by atoms with Crippen LogP contribution >= 0.6 is 0 Å². The van der Waals surface area contributed by atoms with Crippen LogP contribution in [0.1, 0.15) is 13.3 Å². The van der Waals surface area contributed by atoms with E-state index >= 15 is 0 Å². The van der Waals surface area contributed by atoms with Gasteiger partial charge in [0.05, 0.1) is 29.4 Å². The predicted molar refractivity (Wildman–Crippen MR) is 90.7 cm³/mol. The summed E-state index contributed by atoms with van der Waals surface area (Å²) >= 11 is 0. The van der Waals surface area contributed by atoms with Crippen LogP contribution in [0.5, 0.6) is 5.75 Å². The minimum absolute atomic E-state index is 0.638. The third-order valence-electron chi connectivity index (χ3n) is 3.18. The molecule has 0 radical (unpaired) electrons. The second-order valence-electron chi connectivity index (χ2n) is 5.10. The quantitative estimate of drug-likeness (QED) is 0.791. The number of nitrogens with zero attached hydrogens (tertiary/aromatic N) is 1. The van der Waals surface area contributed by atoms with E-state index in [0.717, 1.165) is 29.2 Å². The number of ether oxygens (including phenoxy) is 1. The van der Waals surface area contributed by atoms with Crippen molar-refractivity contribution in [2.75, 3.05) is 36.7 Å². The van der Waals surface area contributed by atoms with Crippen molar-refractivity contribution >= 4 is 22.7 Å². The Morgan fingerprint density at radius 1 is 1.05 bits per heavy atom. The molecule has 0 fully saturated rings. The summed E-state index contributed by atoms with van der Waals surface area (Å²) < 4.78 is 5.67. The van der Waals surface area contributed by atoms with Crippen LogP contribution in [-0.4, -0.2) is 20.7 Å². The molecular weight excluding hydrogens is 262 g/mol. The highest BCUT2D eigenvalue weighted by Gasteiger charge is 2.09. The fourth-order valence-corrected chi connectivity index (χ4v) is 2.11. The zero-order valence-corrected chi connectivity index (χ0v) is 12.9. The lowest BCUT2D eigenvalue weighted by Crippen LogP contribution is -2.11. The van der Waals surface area contributed by atoms with Crippen LogP contribution in [-0.2, 0) is 0 Å². The predicted octanol–water partition coefficient (Wildman–Crippen LogP) is 3.87. The highest BCUT2D eigenvalue weighted by atomic mass is 16.5. The molecule has 0 atom stereocenters. The van der Waals surface area contributed by atoms with Crippen molar-refractivity contribution in [1.82, 2.24) is 0 Å². The van der Waals surface area contributed by atoms with Crippen LogP contribution in [0, 0.1) is 0 Å². The average molecular weight is 285 g/mol. The van der Waals surface area contributed by atoms with Gasteiger partial charge in [-0.2, -0.15) is 0 Å². The molecule has 112 valence electrons. The Kier molecular flexibility index (Phi) is 4.93. The van der Waals surface area contributed by atoms with Gasteiger partial charge in [0.25, 0.3) is 0 Å². The molecule has 0 spiro atoms. The number of nitrogens with two attached hydrogens (primary N) is 1. The molecule has 0 saturated carbocycles. The van der Waals surface area contributed by atoms with Crippen molar-refractivity contribution in [3.63, 3.8) is 0 Å². The van der Waals surface area contributed by atoms with Gasteiger partial charge < -0.3 is 20.7 Å². The highest BCUT2D eigenvalue weighted by Crippen LogP contribution is 2.34. The molecule has 2 aromatic rings. The summed E-state index contributed by atoms with van der Waals surface area (Å²) in [5, 5.41) is 3.39. The van der Waals surface area contributed by atoms with Crippen molar-refractivity contribution < 1.29 is 4.74 Å². The molecule has 0 aliphatic heterocycles. The Morgan fingerprint density at radius 3 is 2.48 bits per heavy atom. The summed E-state index contributed by atoms with van der Waals surface area (Å²) in [5.74, 6) is 0.726. The Hall–Kier alpha value is -2.36. The van der Waals surface area contributed by atoms with E-state index in [0.29, 0.717) is 12.3 Å². The van der Waals surface area contributed by atoms with Gasteiger partial charge in [0.2, 0.25) is 0 Å². The molecule has 0 aliphatic rings. The van der Waals surface area contributed by atoms with Gasteiger partial charge >= 0.3 is 0 Å². The minimum atomic E-state index is 0.638. The van der Waals surface area contributed by atoms with Gasteiger partial charge in [0, 0.05) is 14.1 Å². The summed E-state index contributed by atoms with van der Waals surface area (Å²) in [6.45, 7) is 2.74. The van der Waals surface area contributed by atoms with Gasteiger partial charge in [-0.15, -0.1) is 0 Å². The maximum atomic E-state index is 6.20. The van der Waals surface area contributed by atoms with E-state index in [1.165, 1.54) is 0 Å². The SMILES string of the molecule is CCCOc1cccc(Nc2ccccc2N(C)C)c1N. The van der Waals surface area contributed by atoms with Gasteiger partial charge in [-0.1, -0.05) is 25.1 Å². The molecule has 0 heterocycles. The molecule has 4 heteroatoms. The standard InChI is InChI=1S/C17H23N3O/c1-4-12-21-16-11-7-9-14(17(16)18)19-13-8-5-6-10-15(13)20(2)3/h5-11,19H,4,12,18H2,1-3H3.